The Morgan fingerprint density at radius 1 is 1.14 bits per heavy atom. The van der Waals surface area contributed by atoms with Crippen molar-refractivity contribution in [1.29, 1.82) is 0 Å². The second-order valence-corrected chi connectivity index (χ2v) is 8.23. The van der Waals surface area contributed by atoms with Gasteiger partial charge in [0.15, 0.2) is 0 Å². The molecule has 146 valence electrons. The number of hydrogen-bond donors (Lipinski definition) is 1. The number of rotatable bonds is 3. The molecule has 2 saturated heterocycles. The van der Waals surface area contributed by atoms with E-state index in [1.165, 1.54) is 11.1 Å². The van der Waals surface area contributed by atoms with Crippen LogP contribution in [0.25, 0.3) is 0 Å². The average molecular weight is 378 g/mol. The molecule has 1 aromatic carbocycles. The molecule has 2 fully saturated rings. The summed E-state index contributed by atoms with van der Waals surface area (Å²) in [6.45, 7) is 3.13. The number of hydrogen-bond acceptors (Lipinski definition) is 5. The summed E-state index contributed by atoms with van der Waals surface area (Å²) in [6.07, 6.45) is 7.53. The number of fused-ring (bicyclic) bond motifs is 2. The molecule has 6 heteroatoms. The highest BCUT2D eigenvalue weighted by atomic mass is 16.5. The maximum Gasteiger partial charge on any atom is 0.226 e. The zero-order chi connectivity index (χ0) is 19.0. The third-order valence-electron chi connectivity index (χ3n) is 6.67. The van der Waals surface area contributed by atoms with E-state index in [1.807, 2.05) is 6.07 Å². The Morgan fingerprint density at radius 3 is 2.68 bits per heavy atom. The zero-order valence-electron chi connectivity index (χ0n) is 16.0. The minimum Gasteiger partial charge on any atom is -0.381 e. The van der Waals surface area contributed by atoms with Crippen molar-refractivity contribution in [3.63, 3.8) is 0 Å². The van der Waals surface area contributed by atoms with Gasteiger partial charge in [-0.3, -0.25) is 4.79 Å². The van der Waals surface area contributed by atoms with E-state index in [9.17, 15) is 4.79 Å². The molecule has 5 rings (SSSR count). The maximum absolute atomic E-state index is 12.7. The molecule has 2 aromatic rings. The monoisotopic (exact) mass is 378 g/mol. The summed E-state index contributed by atoms with van der Waals surface area (Å²) < 4.78 is 5.40. The van der Waals surface area contributed by atoms with Gasteiger partial charge >= 0.3 is 0 Å². The van der Waals surface area contributed by atoms with Crippen LogP contribution in [-0.4, -0.2) is 42.2 Å². The van der Waals surface area contributed by atoms with Crippen molar-refractivity contribution < 1.29 is 9.53 Å². The van der Waals surface area contributed by atoms with Gasteiger partial charge in [-0.2, -0.15) is 0 Å². The van der Waals surface area contributed by atoms with Crippen LogP contribution in [0.4, 0.5) is 5.95 Å². The zero-order valence-corrected chi connectivity index (χ0v) is 16.0. The molecular formula is C22H26N4O2. The van der Waals surface area contributed by atoms with Crippen LogP contribution in [0.1, 0.15) is 42.9 Å². The van der Waals surface area contributed by atoms with Gasteiger partial charge in [-0.25, -0.2) is 9.97 Å². The molecule has 2 atom stereocenters. The highest BCUT2D eigenvalue weighted by molar-refractivity contribution is 5.79. The number of piperidine rings is 1. The SMILES string of the molecule is O=C(N[C@H]1CC2(CCN(c3ncccn3)CC2)c2ccccc21)[C@H]1CCOC1. The van der Waals surface area contributed by atoms with Crippen molar-refractivity contribution in [3.05, 3.63) is 53.9 Å². The van der Waals surface area contributed by atoms with E-state index in [0.717, 1.165) is 44.7 Å². The van der Waals surface area contributed by atoms with E-state index in [1.54, 1.807) is 12.4 Å². The highest BCUT2D eigenvalue weighted by Crippen LogP contribution is 2.51. The van der Waals surface area contributed by atoms with Crippen molar-refractivity contribution in [1.82, 2.24) is 15.3 Å². The Hall–Kier alpha value is -2.47. The Kier molecular flexibility index (Phi) is 4.51. The molecular weight excluding hydrogens is 352 g/mol. The van der Waals surface area contributed by atoms with Gasteiger partial charge in [-0.05, 0) is 42.9 Å². The molecule has 1 aliphatic carbocycles. The summed E-state index contributed by atoms with van der Waals surface area (Å²) in [5.74, 6) is 0.958. The van der Waals surface area contributed by atoms with Gasteiger partial charge in [0, 0.05) is 37.5 Å². The van der Waals surface area contributed by atoms with Gasteiger partial charge in [0.05, 0.1) is 18.6 Å². The lowest BCUT2D eigenvalue weighted by molar-refractivity contribution is -0.125. The molecule has 0 bridgehead atoms. The van der Waals surface area contributed by atoms with Gasteiger partial charge in [0.25, 0.3) is 0 Å². The summed E-state index contributed by atoms with van der Waals surface area (Å²) in [4.78, 5) is 23.8. The van der Waals surface area contributed by atoms with E-state index in [4.69, 9.17) is 4.74 Å². The van der Waals surface area contributed by atoms with Crippen LogP contribution in [0.3, 0.4) is 0 Å². The van der Waals surface area contributed by atoms with Crippen LogP contribution >= 0.6 is 0 Å². The summed E-state index contributed by atoms with van der Waals surface area (Å²) >= 11 is 0. The number of nitrogens with one attached hydrogen (secondary N) is 1. The fraction of sp³-hybridized carbons (Fsp3) is 0.500. The lowest BCUT2D eigenvalue weighted by Gasteiger charge is -2.40. The minimum absolute atomic E-state index is 0.000731. The Morgan fingerprint density at radius 2 is 1.93 bits per heavy atom. The molecule has 1 N–H and O–H groups in total. The number of ether oxygens (including phenoxy) is 1. The Labute approximate surface area is 165 Å². The minimum atomic E-state index is 0.000731. The number of nitrogens with zero attached hydrogens (tertiary/aromatic N) is 3. The number of carbonyl (C=O) groups excluding carboxylic acids is 1. The lowest BCUT2D eigenvalue weighted by Crippen LogP contribution is -2.43. The first-order valence-electron chi connectivity index (χ1n) is 10.2. The third-order valence-corrected chi connectivity index (χ3v) is 6.67. The fourth-order valence-corrected chi connectivity index (χ4v) is 5.12. The molecule has 3 aliphatic rings. The van der Waals surface area contributed by atoms with Crippen molar-refractivity contribution >= 4 is 11.9 Å². The standard InChI is InChI=1S/C22H26N4O2/c27-20(16-6-13-28-15-16)25-19-14-22(18-5-2-1-4-17(18)19)7-11-26(12-8-22)21-23-9-3-10-24-21/h1-5,9-10,16,19H,6-8,11-15H2,(H,25,27)/t16-,19-/m0/s1. The van der Waals surface area contributed by atoms with E-state index in [2.05, 4.69) is 44.5 Å². The van der Waals surface area contributed by atoms with Crippen molar-refractivity contribution in [3.8, 4) is 0 Å². The lowest BCUT2D eigenvalue weighted by atomic mass is 9.73. The fourth-order valence-electron chi connectivity index (χ4n) is 5.12. The van der Waals surface area contributed by atoms with Crippen molar-refractivity contribution in [2.45, 2.75) is 37.1 Å². The first kappa shape index (κ1) is 17.6. The average Bonchev–Trinajstić information content (AvgIpc) is 3.38. The number of amides is 1. The topological polar surface area (TPSA) is 67.4 Å². The van der Waals surface area contributed by atoms with Crippen LogP contribution in [-0.2, 0) is 14.9 Å². The third kappa shape index (κ3) is 3.05. The highest BCUT2D eigenvalue weighted by Gasteiger charge is 2.46. The van der Waals surface area contributed by atoms with Crippen molar-refractivity contribution in [2.24, 2.45) is 5.92 Å². The van der Waals surface area contributed by atoms with Gasteiger partial charge < -0.3 is 15.0 Å². The summed E-state index contributed by atoms with van der Waals surface area (Å²) in [6, 6.07) is 10.6. The smallest absolute Gasteiger partial charge is 0.226 e. The number of aromatic nitrogens is 2. The van der Waals surface area contributed by atoms with Crippen LogP contribution < -0.4 is 10.2 Å². The number of carbonyl (C=O) groups is 1. The largest absolute Gasteiger partial charge is 0.381 e. The van der Waals surface area contributed by atoms with Crippen LogP contribution in [0, 0.1) is 5.92 Å². The van der Waals surface area contributed by atoms with Gasteiger partial charge in [-0.15, -0.1) is 0 Å². The van der Waals surface area contributed by atoms with Crippen LogP contribution in [0.15, 0.2) is 42.7 Å². The second kappa shape index (κ2) is 7.17. The first-order valence-corrected chi connectivity index (χ1v) is 10.2. The molecule has 1 amide bonds. The molecule has 1 spiro atoms. The molecule has 0 unspecified atom stereocenters. The summed E-state index contributed by atoms with van der Waals surface area (Å²) in [7, 11) is 0. The van der Waals surface area contributed by atoms with Crippen LogP contribution in [0.5, 0.6) is 0 Å². The molecule has 0 radical (unpaired) electrons. The van der Waals surface area contributed by atoms with E-state index in [0.29, 0.717) is 13.2 Å². The summed E-state index contributed by atoms with van der Waals surface area (Å²) in [5, 5.41) is 3.33. The second-order valence-electron chi connectivity index (χ2n) is 8.23. The molecule has 28 heavy (non-hydrogen) atoms. The summed E-state index contributed by atoms with van der Waals surface area (Å²) in [5.41, 5.74) is 2.84. The Balaban J connectivity index is 1.34. The van der Waals surface area contributed by atoms with E-state index in [-0.39, 0.29) is 23.3 Å². The van der Waals surface area contributed by atoms with Crippen LogP contribution in [0.2, 0.25) is 0 Å². The maximum atomic E-state index is 12.7. The van der Waals surface area contributed by atoms with Gasteiger partial charge in [0.1, 0.15) is 0 Å². The predicted octanol–water partition coefficient (Wildman–Crippen LogP) is 2.61. The quantitative estimate of drug-likeness (QED) is 0.889. The molecule has 3 heterocycles. The van der Waals surface area contributed by atoms with E-state index >= 15 is 0 Å². The first-order chi connectivity index (χ1) is 13.8. The molecule has 2 aliphatic heterocycles. The number of benzene rings is 1. The van der Waals surface area contributed by atoms with Gasteiger partial charge in [0.2, 0.25) is 11.9 Å². The number of anilines is 1. The molecule has 6 nitrogen and oxygen atoms in total. The van der Waals surface area contributed by atoms with Crippen molar-refractivity contribution in [2.75, 3.05) is 31.2 Å². The molecule has 1 aromatic heterocycles. The Bertz CT molecular complexity index is 843. The predicted molar refractivity (Wildman–Crippen MR) is 106 cm³/mol. The normalized spacial score (nSPS) is 25.6. The van der Waals surface area contributed by atoms with Gasteiger partial charge in [-0.1, -0.05) is 24.3 Å². The van der Waals surface area contributed by atoms with E-state index < -0.39 is 0 Å². The molecule has 0 saturated carbocycles.